The Morgan fingerprint density at radius 2 is 1.76 bits per heavy atom. The molecule has 17 heavy (non-hydrogen) atoms. The van der Waals surface area contributed by atoms with E-state index in [2.05, 4.69) is 10.8 Å². The second-order valence-electron chi connectivity index (χ2n) is 3.19. The van der Waals surface area contributed by atoms with Gasteiger partial charge in [-0.25, -0.2) is 0 Å². The van der Waals surface area contributed by atoms with Crippen LogP contribution < -0.4 is 58.2 Å². The summed E-state index contributed by atoms with van der Waals surface area (Å²) in [6, 6.07) is 12.3. The van der Waals surface area contributed by atoms with Crippen LogP contribution in [-0.2, 0) is 14.3 Å². The Hall–Kier alpha value is -0.00481. The van der Waals surface area contributed by atoms with E-state index in [1.54, 1.807) is 18.2 Å². The Morgan fingerprint density at radius 1 is 1.12 bits per heavy atom. The van der Waals surface area contributed by atoms with Crippen molar-refractivity contribution in [3.05, 3.63) is 55.3 Å². The van der Waals surface area contributed by atoms with E-state index in [0.717, 1.165) is 11.6 Å². The van der Waals surface area contributed by atoms with Crippen LogP contribution in [0, 0.1) is 0 Å². The van der Waals surface area contributed by atoms with Crippen molar-refractivity contribution in [2.45, 2.75) is 4.90 Å². The Morgan fingerprint density at radius 3 is 2.47 bits per heavy atom. The summed E-state index contributed by atoms with van der Waals surface area (Å²) in [5, 5.41) is 1.50. The minimum absolute atomic E-state index is 0. The fourth-order valence-electron chi connectivity index (χ4n) is 1.56. The molecular weight excluding hydrogens is 310 g/mol. The second kappa shape index (κ2) is 6.25. The van der Waals surface area contributed by atoms with Crippen LogP contribution in [0.3, 0.4) is 0 Å². The molecular formula is C12H11O3RbS. The number of benzene rings is 2. The summed E-state index contributed by atoms with van der Waals surface area (Å²) < 4.78 is 28.1. The third-order valence-corrected chi connectivity index (χ3v) is 3.50. The zero-order chi connectivity index (χ0) is 11.6. The average molecular weight is 321 g/mol. The number of rotatable bonds is 3. The van der Waals surface area contributed by atoms with Gasteiger partial charge in [0.15, 0.2) is 0 Å². The van der Waals surface area contributed by atoms with Crippen LogP contribution in [0.15, 0.2) is 60.2 Å². The zero-order valence-corrected chi connectivity index (χ0v) is 15.2. The van der Waals surface area contributed by atoms with Crippen LogP contribution >= 0.6 is 0 Å². The maximum absolute atomic E-state index is 11.8. The predicted molar refractivity (Wildman–Crippen MR) is 63.5 cm³/mol. The summed E-state index contributed by atoms with van der Waals surface area (Å²) >= 11 is 0. The van der Waals surface area contributed by atoms with Crippen LogP contribution in [0.5, 0.6) is 0 Å². The van der Waals surface area contributed by atoms with Gasteiger partial charge < -0.3 is 5.61 Å². The third-order valence-electron chi connectivity index (χ3n) is 2.21. The minimum Gasteiger partial charge on any atom is -1.00 e. The zero-order valence-electron chi connectivity index (χ0n) is 10.5. The molecule has 2 rings (SSSR count). The van der Waals surface area contributed by atoms with Gasteiger partial charge in [-0.2, -0.15) is 8.42 Å². The molecule has 0 spiro atoms. The van der Waals surface area contributed by atoms with Gasteiger partial charge in [0.25, 0.3) is 0 Å². The van der Waals surface area contributed by atoms with E-state index in [-0.39, 0.29) is 64.5 Å². The summed E-state index contributed by atoms with van der Waals surface area (Å²) in [5.41, 5.74) is 0. The van der Waals surface area contributed by atoms with E-state index in [9.17, 15) is 8.42 Å². The summed E-state index contributed by atoms with van der Waals surface area (Å²) in [6.07, 6.45) is 0.914. The summed E-state index contributed by atoms with van der Waals surface area (Å²) in [5.74, 6) is 0. The molecule has 0 aliphatic carbocycles. The van der Waals surface area contributed by atoms with Crippen LogP contribution in [-0.4, -0.2) is 8.42 Å². The molecule has 0 saturated carbocycles. The first-order valence-electron chi connectivity index (χ1n) is 4.67. The van der Waals surface area contributed by atoms with Gasteiger partial charge in [0.05, 0.1) is 6.26 Å². The SMILES string of the molecule is C=COS(=O)(=O)c1cccc2ccccc12.[H-].[Rb+]. The van der Waals surface area contributed by atoms with Gasteiger partial charge in [-0.15, -0.1) is 0 Å². The minimum atomic E-state index is -3.75. The first-order valence-corrected chi connectivity index (χ1v) is 6.08. The third kappa shape index (κ3) is 3.26. The van der Waals surface area contributed by atoms with Gasteiger partial charge in [-0.05, 0) is 11.5 Å². The van der Waals surface area contributed by atoms with Crippen molar-refractivity contribution in [2.75, 3.05) is 0 Å². The van der Waals surface area contributed by atoms with E-state index in [1.807, 2.05) is 18.2 Å². The van der Waals surface area contributed by atoms with Crippen molar-refractivity contribution in [2.24, 2.45) is 0 Å². The molecule has 0 aliphatic heterocycles. The van der Waals surface area contributed by atoms with Gasteiger partial charge in [-0.3, -0.25) is 0 Å². The van der Waals surface area contributed by atoms with Crippen LogP contribution in [0.25, 0.3) is 10.8 Å². The summed E-state index contributed by atoms with van der Waals surface area (Å²) in [6.45, 7) is 3.25. The number of hydrogen-bond acceptors (Lipinski definition) is 3. The molecule has 0 bridgehead atoms. The fraction of sp³-hybridized carbons (Fsp3) is 0. The van der Waals surface area contributed by atoms with Gasteiger partial charge in [0.1, 0.15) is 4.90 Å². The topological polar surface area (TPSA) is 43.4 Å². The number of fused-ring (bicyclic) bond motifs is 1. The van der Waals surface area contributed by atoms with E-state index >= 15 is 0 Å². The van der Waals surface area contributed by atoms with Gasteiger partial charge >= 0.3 is 68.3 Å². The molecule has 0 fully saturated rings. The van der Waals surface area contributed by atoms with Gasteiger partial charge in [0, 0.05) is 5.39 Å². The molecule has 2 aromatic carbocycles. The molecule has 2 aromatic rings. The Kier molecular flexibility index (Phi) is 5.53. The fourth-order valence-corrected chi connectivity index (χ4v) is 2.54. The first-order chi connectivity index (χ1) is 7.65. The van der Waals surface area contributed by atoms with Crippen molar-refractivity contribution >= 4 is 20.9 Å². The molecule has 0 unspecified atom stereocenters. The molecule has 3 nitrogen and oxygen atoms in total. The molecule has 0 aliphatic rings. The van der Waals surface area contributed by atoms with Crippen molar-refractivity contribution in [1.82, 2.24) is 0 Å². The summed E-state index contributed by atoms with van der Waals surface area (Å²) in [4.78, 5) is 0.158. The van der Waals surface area contributed by atoms with E-state index in [1.165, 1.54) is 6.07 Å². The monoisotopic (exact) mass is 320 g/mol. The normalized spacial score (nSPS) is 10.6. The molecule has 5 heteroatoms. The molecule has 0 aromatic heterocycles. The molecule has 0 heterocycles. The van der Waals surface area contributed by atoms with Crippen molar-refractivity contribution < 1.29 is 72.2 Å². The molecule has 0 saturated heterocycles. The molecule has 0 amide bonds. The van der Waals surface area contributed by atoms with Gasteiger partial charge in [0.2, 0.25) is 0 Å². The standard InChI is InChI=1S/C12H10O3S.Rb.H/c1-2-15-16(13,14)12-9-5-7-10-6-3-4-8-11(10)12;;/h2-9H,1H2;;/q;+1;-1. The smallest absolute Gasteiger partial charge is 1.00 e. The predicted octanol–water partition coefficient (Wildman–Crippen LogP) is -0.195. The Labute approximate surface area is 151 Å². The van der Waals surface area contributed by atoms with Crippen LogP contribution in [0.2, 0.25) is 0 Å². The molecule has 0 atom stereocenters. The maximum Gasteiger partial charge on any atom is 1.00 e. The molecule has 0 N–H and O–H groups in total. The van der Waals surface area contributed by atoms with E-state index in [4.69, 9.17) is 0 Å². The van der Waals surface area contributed by atoms with Crippen LogP contribution in [0.1, 0.15) is 1.43 Å². The number of hydrogen-bond donors (Lipinski definition) is 0. The Bertz CT molecular complexity index is 635. The Balaban J connectivity index is 0.00000144. The molecule has 0 radical (unpaired) electrons. The van der Waals surface area contributed by atoms with Crippen LogP contribution in [0.4, 0.5) is 0 Å². The quantitative estimate of drug-likeness (QED) is 0.581. The van der Waals surface area contributed by atoms with Crippen molar-refractivity contribution in [1.29, 1.82) is 0 Å². The van der Waals surface area contributed by atoms with E-state index in [0.29, 0.717) is 5.39 Å². The van der Waals surface area contributed by atoms with Crippen molar-refractivity contribution in [3.63, 3.8) is 0 Å². The second-order valence-corrected chi connectivity index (χ2v) is 4.73. The molecule has 84 valence electrons. The van der Waals surface area contributed by atoms with Crippen molar-refractivity contribution in [3.8, 4) is 0 Å². The largest absolute Gasteiger partial charge is 1.00 e. The maximum atomic E-state index is 11.8. The summed E-state index contributed by atoms with van der Waals surface area (Å²) in [7, 11) is -3.75. The van der Waals surface area contributed by atoms with E-state index < -0.39 is 10.1 Å². The first kappa shape index (κ1) is 15.1. The average Bonchev–Trinajstić information content (AvgIpc) is 2.28. The van der Waals surface area contributed by atoms with Gasteiger partial charge in [-0.1, -0.05) is 43.0 Å².